The summed E-state index contributed by atoms with van der Waals surface area (Å²) in [6, 6.07) is 2.39. The number of halogens is 1. The number of hydrogen-bond acceptors (Lipinski definition) is 3. The predicted molar refractivity (Wildman–Crippen MR) is 64.4 cm³/mol. The molecule has 0 fully saturated rings. The van der Waals surface area contributed by atoms with Crippen molar-refractivity contribution in [3.05, 3.63) is 29.8 Å². The fraction of sp³-hybridized carbons (Fsp3) is 0.417. The van der Waals surface area contributed by atoms with Crippen LogP contribution in [0.2, 0.25) is 0 Å². The third kappa shape index (κ3) is 4.90. The van der Waals surface area contributed by atoms with Gasteiger partial charge in [0.2, 0.25) is 11.9 Å². The second-order valence-corrected chi connectivity index (χ2v) is 4.85. The Balaban J connectivity index is 2.47. The zero-order chi connectivity index (χ0) is 13.8. The van der Waals surface area contributed by atoms with Crippen molar-refractivity contribution in [3.63, 3.8) is 0 Å². The lowest BCUT2D eigenvalue weighted by Gasteiger charge is -2.20. The van der Waals surface area contributed by atoms with Crippen LogP contribution < -0.4 is 10.6 Å². The maximum absolute atomic E-state index is 12.5. The van der Waals surface area contributed by atoms with Gasteiger partial charge in [0.15, 0.2) is 0 Å². The van der Waals surface area contributed by atoms with Gasteiger partial charge in [0.1, 0.15) is 0 Å². The van der Waals surface area contributed by atoms with Crippen LogP contribution in [0.1, 0.15) is 31.1 Å². The van der Waals surface area contributed by atoms with E-state index in [0.29, 0.717) is 0 Å². The van der Waals surface area contributed by atoms with E-state index < -0.39 is 11.9 Å². The van der Waals surface area contributed by atoms with Crippen LogP contribution >= 0.6 is 0 Å². The van der Waals surface area contributed by atoms with Crippen molar-refractivity contribution in [2.24, 2.45) is 0 Å². The minimum absolute atomic E-state index is 0.131. The van der Waals surface area contributed by atoms with Gasteiger partial charge in [-0.3, -0.25) is 9.59 Å². The molecule has 0 spiro atoms. The van der Waals surface area contributed by atoms with Crippen molar-refractivity contribution >= 4 is 11.8 Å². The molecule has 0 saturated heterocycles. The van der Waals surface area contributed by atoms with Crippen molar-refractivity contribution in [2.45, 2.75) is 26.3 Å². The fourth-order valence-electron chi connectivity index (χ4n) is 1.24. The van der Waals surface area contributed by atoms with Crippen LogP contribution in [-0.4, -0.2) is 28.9 Å². The maximum atomic E-state index is 12.5. The second kappa shape index (κ2) is 5.57. The largest absolute Gasteiger partial charge is 0.350 e. The highest BCUT2D eigenvalue weighted by molar-refractivity contribution is 5.96. The Morgan fingerprint density at radius 2 is 2.00 bits per heavy atom. The average Bonchev–Trinajstić information content (AvgIpc) is 2.24. The molecule has 2 amide bonds. The number of carbonyl (C=O) groups excluding carboxylic acids is 2. The first-order valence-electron chi connectivity index (χ1n) is 5.49. The van der Waals surface area contributed by atoms with Gasteiger partial charge in [-0.05, 0) is 32.9 Å². The Bertz CT molecular complexity index is 438. The molecular formula is C12H16FN3O2. The van der Waals surface area contributed by atoms with E-state index in [4.69, 9.17) is 0 Å². The first-order valence-corrected chi connectivity index (χ1v) is 5.49. The number of nitrogens with one attached hydrogen (secondary N) is 2. The van der Waals surface area contributed by atoms with Crippen LogP contribution in [0, 0.1) is 5.95 Å². The van der Waals surface area contributed by atoms with E-state index in [2.05, 4.69) is 15.6 Å². The van der Waals surface area contributed by atoms with Crippen molar-refractivity contribution < 1.29 is 14.0 Å². The molecule has 0 saturated carbocycles. The Labute approximate surface area is 105 Å². The van der Waals surface area contributed by atoms with E-state index in [1.54, 1.807) is 0 Å². The van der Waals surface area contributed by atoms with E-state index in [-0.39, 0.29) is 23.6 Å². The summed E-state index contributed by atoms with van der Waals surface area (Å²) in [7, 11) is 0. The van der Waals surface area contributed by atoms with Gasteiger partial charge in [-0.25, -0.2) is 4.98 Å². The highest BCUT2D eigenvalue weighted by Crippen LogP contribution is 1.99. The van der Waals surface area contributed by atoms with Crippen molar-refractivity contribution in [3.8, 4) is 0 Å². The van der Waals surface area contributed by atoms with Crippen LogP contribution in [0.3, 0.4) is 0 Å². The van der Waals surface area contributed by atoms with Crippen molar-refractivity contribution in [2.75, 3.05) is 6.54 Å². The molecule has 1 heterocycles. The third-order valence-electron chi connectivity index (χ3n) is 1.91. The monoisotopic (exact) mass is 253 g/mol. The smallest absolute Gasteiger partial charge is 0.253 e. The van der Waals surface area contributed by atoms with Gasteiger partial charge in [0.25, 0.3) is 5.91 Å². The summed E-state index contributed by atoms with van der Waals surface area (Å²) in [5, 5.41) is 5.13. The minimum atomic E-state index is -0.656. The van der Waals surface area contributed by atoms with Gasteiger partial charge >= 0.3 is 0 Å². The standard InChI is InChI=1S/C12H16FN3O2/c1-12(2,3)16-10(17)7-15-11(18)8-4-5-9(13)14-6-8/h4-6H,7H2,1-3H3,(H,15,18)(H,16,17). The van der Waals surface area contributed by atoms with Gasteiger partial charge in [-0.1, -0.05) is 0 Å². The molecule has 0 radical (unpaired) electrons. The van der Waals surface area contributed by atoms with Crippen LogP contribution in [0.15, 0.2) is 18.3 Å². The Morgan fingerprint density at radius 3 is 2.50 bits per heavy atom. The summed E-state index contributed by atoms with van der Waals surface area (Å²) in [5.74, 6) is -1.41. The molecule has 0 unspecified atom stereocenters. The molecule has 6 heteroatoms. The van der Waals surface area contributed by atoms with E-state index >= 15 is 0 Å². The highest BCUT2D eigenvalue weighted by Gasteiger charge is 2.14. The lowest BCUT2D eigenvalue weighted by Crippen LogP contribution is -2.45. The first-order chi connectivity index (χ1) is 8.28. The summed E-state index contributed by atoms with van der Waals surface area (Å²) < 4.78 is 12.5. The summed E-state index contributed by atoms with van der Waals surface area (Å²) in [5.41, 5.74) is -0.140. The zero-order valence-electron chi connectivity index (χ0n) is 10.6. The van der Waals surface area contributed by atoms with Gasteiger partial charge in [-0.2, -0.15) is 4.39 Å². The maximum Gasteiger partial charge on any atom is 0.253 e. The van der Waals surface area contributed by atoms with Gasteiger partial charge in [0.05, 0.1) is 12.1 Å². The van der Waals surface area contributed by atoms with Gasteiger partial charge in [0, 0.05) is 11.7 Å². The van der Waals surface area contributed by atoms with Crippen LogP contribution in [0.4, 0.5) is 4.39 Å². The molecule has 18 heavy (non-hydrogen) atoms. The molecule has 0 atom stereocenters. The molecule has 0 aromatic carbocycles. The lowest BCUT2D eigenvalue weighted by molar-refractivity contribution is -0.121. The summed E-state index contributed by atoms with van der Waals surface area (Å²) >= 11 is 0. The van der Waals surface area contributed by atoms with E-state index in [1.807, 2.05) is 20.8 Å². The first kappa shape index (κ1) is 14.1. The number of amides is 2. The number of hydrogen-bond donors (Lipinski definition) is 2. The summed E-state index contributed by atoms with van der Waals surface area (Å²) in [6.07, 6.45) is 1.12. The Hall–Kier alpha value is -1.98. The molecule has 1 rings (SSSR count). The number of pyridine rings is 1. The van der Waals surface area contributed by atoms with Crippen molar-refractivity contribution in [1.29, 1.82) is 0 Å². The topological polar surface area (TPSA) is 71.1 Å². The molecule has 0 aliphatic heterocycles. The van der Waals surface area contributed by atoms with Crippen LogP contribution in [0.5, 0.6) is 0 Å². The average molecular weight is 253 g/mol. The second-order valence-electron chi connectivity index (χ2n) is 4.85. The predicted octanol–water partition coefficient (Wildman–Crippen LogP) is 0.865. The third-order valence-corrected chi connectivity index (χ3v) is 1.91. The number of aromatic nitrogens is 1. The molecule has 0 bridgehead atoms. The SMILES string of the molecule is CC(C)(C)NC(=O)CNC(=O)c1ccc(F)nc1. The van der Waals surface area contributed by atoms with E-state index in [0.717, 1.165) is 12.3 Å². The Kier molecular flexibility index (Phi) is 4.36. The molecular weight excluding hydrogens is 237 g/mol. The fourth-order valence-corrected chi connectivity index (χ4v) is 1.24. The molecule has 0 aliphatic rings. The normalized spacial score (nSPS) is 10.9. The quantitative estimate of drug-likeness (QED) is 0.785. The van der Waals surface area contributed by atoms with E-state index in [9.17, 15) is 14.0 Å². The summed E-state index contributed by atoms with van der Waals surface area (Å²) in [6.45, 7) is 5.40. The molecule has 2 N–H and O–H groups in total. The number of nitrogens with zero attached hydrogens (tertiary/aromatic N) is 1. The van der Waals surface area contributed by atoms with Crippen LogP contribution in [0.25, 0.3) is 0 Å². The molecule has 5 nitrogen and oxygen atoms in total. The lowest BCUT2D eigenvalue weighted by atomic mass is 10.1. The zero-order valence-corrected chi connectivity index (χ0v) is 10.6. The van der Waals surface area contributed by atoms with Gasteiger partial charge < -0.3 is 10.6 Å². The number of carbonyl (C=O) groups is 2. The molecule has 1 aromatic rings. The summed E-state index contributed by atoms with van der Waals surface area (Å²) in [4.78, 5) is 26.4. The van der Waals surface area contributed by atoms with Crippen LogP contribution in [-0.2, 0) is 4.79 Å². The molecule has 98 valence electrons. The molecule has 1 aromatic heterocycles. The number of rotatable bonds is 3. The van der Waals surface area contributed by atoms with Crippen molar-refractivity contribution in [1.82, 2.24) is 15.6 Å². The minimum Gasteiger partial charge on any atom is -0.350 e. The Morgan fingerprint density at radius 1 is 1.33 bits per heavy atom. The molecule has 0 aliphatic carbocycles. The van der Waals surface area contributed by atoms with E-state index in [1.165, 1.54) is 6.07 Å². The van der Waals surface area contributed by atoms with Gasteiger partial charge in [-0.15, -0.1) is 0 Å². The highest BCUT2D eigenvalue weighted by atomic mass is 19.1.